The number of ether oxygens (including phenoxy) is 2. The molecular weight excluding hydrogens is 266 g/mol. The van der Waals surface area contributed by atoms with Crippen LogP contribution in [0.1, 0.15) is 24.7 Å². The van der Waals surface area contributed by atoms with Gasteiger partial charge in [0.05, 0.1) is 18.9 Å². The van der Waals surface area contributed by atoms with Crippen LogP contribution < -0.4 is 15.2 Å². The lowest BCUT2D eigenvalue weighted by Gasteiger charge is -2.12. The highest BCUT2D eigenvalue weighted by atomic mass is 16.5. The number of aromatic nitrogens is 2. The lowest BCUT2D eigenvalue weighted by atomic mass is 10.1. The zero-order valence-electron chi connectivity index (χ0n) is 12.3. The molecule has 0 radical (unpaired) electrons. The van der Waals surface area contributed by atoms with Crippen LogP contribution in [0.3, 0.4) is 0 Å². The van der Waals surface area contributed by atoms with Crippen LogP contribution in [0.2, 0.25) is 0 Å². The molecule has 0 fully saturated rings. The van der Waals surface area contributed by atoms with E-state index < -0.39 is 0 Å². The molecule has 2 heterocycles. The summed E-state index contributed by atoms with van der Waals surface area (Å²) in [5.41, 5.74) is 8.71. The Kier molecular flexibility index (Phi) is 3.64. The number of nitrogens with two attached hydrogens (primary N) is 1. The molecule has 2 aromatic rings. The Morgan fingerprint density at radius 3 is 2.67 bits per heavy atom. The first-order chi connectivity index (χ1) is 10.2. The van der Waals surface area contributed by atoms with E-state index in [0.29, 0.717) is 19.0 Å². The maximum absolute atomic E-state index is 5.99. The summed E-state index contributed by atoms with van der Waals surface area (Å²) in [6.45, 7) is 5.31. The van der Waals surface area contributed by atoms with E-state index in [1.807, 2.05) is 32.0 Å². The van der Waals surface area contributed by atoms with Crippen LogP contribution in [0.15, 0.2) is 18.2 Å². The molecule has 0 saturated carbocycles. The van der Waals surface area contributed by atoms with Gasteiger partial charge in [0.25, 0.3) is 0 Å². The largest absolute Gasteiger partial charge is 0.490 e. The average molecular weight is 285 g/mol. The Labute approximate surface area is 124 Å². The maximum Gasteiger partial charge on any atom is 0.161 e. The number of nitrogen functional groups attached to an aromatic ring is 1. The molecule has 0 bridgehead atoms. The topological polar surface area (TPSA) is 70.3 Å². The number of anilines is 1. The zero-order valence-corrected chi connectivity index (χ0v) is 12.3. The van der Waals surface area contributed by atoms with E-state index in [1.165, 1.54) is 0 Å². The highest BCUT2D eigenvalue weighted by Gasteiger charge is 2.15. The smallest absolute Gasteiger partial charge is 0.161 e. The van der Waals surface area contributed by atoms with Gasteiger partial charge in [-0.1, -0.05) is 6.92 Å². The first kappa shape index (κ1) is 13.7. The molecule has 0 spiro atoms. The Balaban J connectivity index is 2.08. The number of hydrogen-bond acceptors (Lipinski definition) is 5. The van der Waals surface area contributed by atoms with Crippen molar-refractivity contribution in [2.45, 2.75) is 26.7 Å². The van der Waals surface area contributed by atoms with Gasteiger partial charge in [-0.25, -0.2) is 9.97 Å². The van der Waals surface area contributed by atoms with Crippen LogP contribution in [-0.4, -0.2) is 23.2 Å². The minimum absolute atomic E-state index is 0.531. The molecule has 1 aromatic heterocycles. The minimum atomic E-state index is 0.531. The van der Waals surface area contributed by atoms with Gasteiger partial charge in [-0.3, -0.25) is 0 Å². The van der Waals surface area contributed by atoms with Gasteiger partial charge in [0.1, 0.15) is 11.6 Å². The van der Waals surface area contributed by atoms with Gasteiger partial charge in [-0.15, -0.1) is 0 Å². The predicted octanol–water partition coefficient (Wildman–Crippen LogP) is 2.76. The predicted molar refractivity (Wildman–Crippen MR) is 81.6 cm³/mol. The van der Waals surface area contributed by atoms with Crippen LogP contribution in [0, 0.1) is 6.92 Å². The van der Waals surface area contributed by atoms with Crippen molar-refractivity contribution in [3.63, 3.8) is 0 Å². The van der Waals surface area contributed by atoms with Crippen molar-refractivity contribution in [2.75, 3.05) is 18.9 Å². The van der Waals surface area contributed by atoms with Gasteiger partial charge < -0.3 is 15.2 Å². The summed E-state index contributed by atoms with van der Waals surface area (Å²) in [6.07, 6.45) is 1.64. The van der Waals surface area contributed by atoms with Gasteiger partial charge in [0.15, 0.2) is 11.5 Å². The summed E-state index contributed by atoms with van der Waals surface area (Å²) in [5, 5.41) is 0. The standard InChI is InChI=1S/C16H19N3O2/c1-3-14-18-15(10(2)16(17)19-14)11-5-6-12-13(9-11)21-8-4-7-20-12/h5-6,9H,3-4,7-8H2,1-2H3,(H2,17,18,19). The van der Waals surface area contributed by atoms with E-state index in [9.17, 15) is 0 Å². The molecule has 5 heteroatoms. The lowest BCUT2D eigenvalue weighted by molar-refractivity contribution is 0.297. The van der Waals surface area contributed by atoms with Crippen molar-refractivity contribution in [3.05, 3.63) is 29.6 Å². The molecule has 1 aliphatic heterocycles. The fraction of sp³-hybridized carbons (Fsp3) is 0.375. The van der Waals surface area contributed by atoms with Crippen molar-refractivity contribution in [3.8, 4) is 22.8 Å². The van der Waals surface area contributed by atoms with Crippen molar-refractivity contribution in [1.29, 1.82) is 0 Å². The van der Waals surface area contributed by atoms with Crippen LogP contribution in [0.5, 0.6) is 11.5 Å². The van der Waals surface area contributed by atoms with Gasteiger partial charge in [-0.2, -0.15) is 0 Å². The fourth-order valence-electron chi connectivity index (χ4n) is 2.33. The van der Waals surface area contributed by atoms with Crippen LogP contribution in [0.4, 0.5) is 5.82 Å². The third-order valence-corrected chi connectivity index (χ3v) is 3.57. The first-order valence-corrected chi connectivity index (χ1v) is 7.22. The molecule has 2 N–H and O–H groups in total. The molecule has 3 rings (SSSR count). The maximum atomic E-state index is 5.99. The molecule has 0 saturated heterocycles. The normalized spacial score (nSPS) is 13.8. The lowest BCUT2D eigenvalue weighted by Crippen LogP contribution is -2.04. The molecule has 0 unspecified atom stereocenters. The third kappa shape index (κ3) is 2.63. The number of nitrogens with zero attached hydrogens (tertiary/aromatic N) is 2. The van der Waals surface area contributed by atoms with Gasteiger partial charge >= 0.3 is 0 Å². The van der Waals surface area contributed by atoms with E-state index in [4.69, 9.17) is 15.2 Å². The second kappa shape index (κ2) is 5.60. The second-order valence-corrected chi connectivity index (χ2v) is 5.06. The van der Waals surface area contributed by atoms with Gasteiger partial charge in [0.2, 0.25) is 0 Å². The molecule has 1 aromatic carbocycles. The SMILES string of the molecule is CCc1nc(N)c(C)c(-c2ccc3c(c2)OCCCO3)n1. The molecule has 21 heavy (non-hydrogen) atoms. The second-order valence-electron chi connectivity index (χ2n) is 5.06. The number of benzene rings is 1. The van der Waals surface area contributed by atoms with Crippen molar-refractivity contribution >= 4 is 5.82 Å². The van der Waals surface area contributed by atoms with Crippen molar-refractivity contribution in [1.82, 2.24) is 9.97 Å². The monoisotopic (exact) mass is 285 g/mol. The number of hydrogen-bond donors (Lipinski definition) is 1. The van der Waals surface area contributed by atoms with E-state index in [-0.39, 0.29) is 0 Å². The van der Waals surface area contributed by atoms with Crippen molar-refractivity contribution < 1.29 is 9.47 Å². The van der Waals surface area contributed by atoms with E-state index in [2.05, 4.69) is 9.97 Å². The van der Waals surface area contributed by atoms with Gasteiger partial charge in [-0.05, 0) is 25.1 Å². The summed E-state index contributed by atoms with van der Waals surface area (Å²) >= 11 is 0. The summed E-state index contributed by atoms with van der Waals surface area (Å²) < 4.78 is 11.4. The molecule has 0 atom stereocenters. The quantitative estimate of drug-likeness (QED) is 0.918. The Bertz CT molecular complexity index is 671. The molecule has 1 aliphatic rings. The fourth-order valence-corrected chi connectivity index (χ4v) is 2.33. The van der Waals surface area contributed by atoms with E-state index in [0.717, 1.165) is 47.0 Å². The van der Waals surface area contributed by atoms with Crippen LogP contribution in [-0.2, 0) is 6.42 Å². The molecule has 5 nitrogen and oxygen atoms in total. The summed E-state index contributed by atoms with van der Waals surface area (Å²) in [7, 11) is 0. The number of rotatable bonds is 2. The highest BCUT2D eigenvalue weighted by molar-refractivity contribution is 5.70. The molecule has 0 amide bonds. The van der Waals surface area contributed by atoms with E-state index >= 15 is 0 Å². The molecule has 110 valence electrons. The Hall–Kier alpha value is -2.30. The Morgan fingerprint density at radius 1 is 1.14 bits per heavy atom. The number of aryl methyl sites for hydroxylation is 1. The Morgan fingerprint density at radius 2 is 1.90 bits per heavy atom. The minimum Gasteiger partial charge on any atom is -0.490 e. The third-order valence-electron chi connectivity index (χ3n) is 3.57. The highest BCUT2D eigenvalue weighted by Crippen LogP contribution is 2.35. The molecule has 0 aliphatic carbocycles. The van der Waals surface area contributed by atoms with Crippen LogP contribution in [0.25, 0.3) is 11.3 Å². The first-order valence-electron chi connectivity index (χ1n) is 7.22. The summed E-state index contributed by atoms with van der Waals surface area (Å²) in [5.74, 6) is 2.83. The molecular formula is C16H19N3O2. The zero-order chi connectivity index (χ0) is 14.8. The van der Waals surface area contributed by atoms with E-state index in [1.54, 1.807) is 0 Å². The van der Waals surface area contributed by atoms with Crippen molar-refractivity contribution in [2.24, 2.45) is 0 Å². The number of fused-ring (bicyclic) bond motifs is 1. The van der Waals surface area contributed by atoms with Gasteiger partial charge in [0, 0.05) is 24.0 Å². The van der Waals surface area contributed by atoms with Crippen LogP contribution >= 0.6 is 0 Å². The summed E-state index contributed by atoms with van der Waals surface area (Å²) in [6, 6.07) is 5.88. The average Bonchev–Trinajstić information content (AvgIpc) is 2.74. The summed E-state index contributed by atoms with van der Waals surface area (Å²) in [4.78, 5) is 8.90.